The van der Waals surface area contributed by atoms with Gasteiger partial charge in [0.25, 0.3) is 0 Å². The molecule has 5 heteroatoms. The van der Waals surface area contributed by atoms with Crippen molar-refractivity contribution < 1.29 is 24.5 Å². The normalized spacial score (nSPS) is 36.2. The summed E-state index contributed by atoms with van der Waals surface area (Å²) < 4.78 is 5.57. The maximum absolute atomic E-state index is 13.4. The molecule has 2 rings (SSSR count). The summed E-state index contributed by atoms with van der Waals surface area (Å²) in [5.41, 5.74) is -1.92. The average molecular weight is 379 g/mol. The Bertz CT molecular complexity index is 649. The molecule has 0 spiro atoms. The largest absolute Gasteiger partial charge is 0.460 e. The lowest BCUT2D eigenvalue weighted by Crippen LogP contribution is -2.67. The van der Waals surface area contributed by atoms with Crippen LogP contribution in [0.3, 0.4) is 0 Å². The standard InChI is InChI=1S/C22H34O5/c1-7-14(2)12-17(24)22(26)15(3)8-9-16-20(4,5)11-10-18(21(16,22)6)27-19(25)13-23/h7,9,14-15,18,23,26H,1,8,10-13H2,2-6H3/t14-,15+,18?,21-,22+/m1/s1. The molecule has 0 radical (unpaired) electrons. The second kappa shape index (κ2) is 7.51. The second-order valence-electron chi connectivity index (χ2n) is 9.12. The molecule has 2 aliphatic rings. The van der Waals surface area contributed by atoms with Crippen LogP contribution >= 0.6 is 0 Å². The smallest absolute Gasteiger partial charge is 0.332 e. The summed E-state index contributed by atoms with van der Waals surface area (Å²) in [6.07, 6.45) is 5.26. The van der Waals surface area contributed by atoms with Gasteiger partial charge in [-0.1, -0.05) is 45.4 Å². The summed E-state index contributed by atoms with van der Waals surface area (Å²) in [6.45, 7) is 12.9. The van der Waals surface area contributed by atoms with Crippen molar-refractivity contribution in [1.82, 2.24) is 0 Å². The van der Waals surface area contributed by atoms with Gasteiger partial charge >= 0.3 is 5.97 Å². The van der Waals surface area contributed by atoms with E-state index in [1.807, 2.05) is 20.8 Å². The Balaban J connectivity index is 2.60. The number of hydrogen-bond acceptors (Lipinski definition) is 5. The molecule has 0 aromatic rings. The molecule has 2 N–H and O–H groups in total. The Hall–Kier alpha value is -1.46. The molecule has 5 atom stereocenters. The zero-order chi connectivity index (χ0) is 20.6. The monoisotopic (exact) mass is 378 g/mol. The summed E-state index contributed by atoms with van der Waals surface area (Å²) in [5, 5.41) is 21.1. The molecule has 27 heavy (non-hydrogen) atoms. The number of carbonyl (C=O) groups is 2. The third kappa shape index (κ3) is 3.40. The molecule has 2 aliphatic carbocycles. The van der Waals surface area contributed by atoms with Crippen LogP contribution in [-0.4, -0.2) is 40.3 Å². The van der Waals surface area contributed by atoms with Crippen LogP contribution in [0.15, 0.2) is 24.3 Å². The van der Waals surface area contributed by atoms with E-state index in [4.69, 9.17) is 9.84 Å². The van der Waals surface area contributed by atoms with Crippen molar-refractivity contribution >= 4 is 11.8 Å². The fourth-order valence-electron chi connectivity index (χ4n) is 5.18. The summed E-state index contributed by atoms with van der Waals surface area (Å²) in [7, 11) is 0. The van der Waals surface area contributed by atoms with Crippen LogP contribution in [-0.2, 0) is 14.3 Å². The molecule has 0 bridgehead atoms. The highest BCUT2D eigenvalue weighted by atomic mass is 16.6. The third-order valence-electron chi connectivity index (χ3n) is 6.88. The number of hydrogen-bond donors (Lipinski definition) is 2. The van der Waals surface area contributed by atoms with E-state index in [1.165, 1.54) is 0 Å². The maximum Gasteiger partial charge on any atom is 0.332 e. The predicted molar refractivity (Wildman–Crippen MR) is 104 cm³/mol. The molecular weight excluding hydrogens is 344 g/mol. The number of Topliss-reactive ketones (excluding diaryl/α,β-unsaturated/α-hetero) is 1. The van der Waals surface area contributed by atoms with E-state index < -0.39 is 29.7 Å². The first-order valence-corrected chi connectivity index (χ1v) is 9.84. The van der Waals surface area contributed by atoms with Crippen molar-refractivity contribution in [3.63, 3.8) is 0 Å². The minimum Gasteiger partial charge on any atom is -0.460 e. The lowest BCUT2D eigenvalue weighted by atomic mass is 9.47. The number of aliphatic hydroxyl groups is 2. The van der Waals surface area contributed by atoms with Gasteiger partial charge in [-0.05, 0) is 43.4 Å². The first-order valence-electron chi connectivity index (χ1n) is 9.84. The van der Waals surface area contributed by atoms with E-state index in [-0.39, 0.29) is 29.5 Å². The van der Waals surface area contributed by atoms with Crippen molar-refractivity contribution in [2.75, 3.05) is 6.61 Å². The van der Waals surface area contributed by atoms with Gasteiger partial charge in [0.15, 0.2) is 5.78 Å². The minimum absolute atomic E-state index is 0.0540. The van der Waals surface area contributed by atoms with E-state index in [0.717, 1.165) is 12.0 Å². The number of carbonyl (C=O) groups excluding carboxylic acids is 2. The molecule has 1 saturated carbocycles. The number of ether oxygens (including phenoxy) is 1. The SMILES string of the molecule is C=C[C@@H](C)CC(=O)[C@@]1(O)[C@@H](C)CC=C2C(C)(C)CCC(OC(=O)CO)[C@@]21C. The molecule has 0 saturated heterocycles. The van der Waals surface area contributed by atoms with E-state index in [1.54, 1.807) is 6.08 Å². The molecule has 0 aromatic heterocycles. The minimum atomic E-state index is -1.65. The summed E-state index contributed by atoms with van der Waals surface area (Å²) in [5.74, 6) is -1.33. The Labute approximate surface area is 162 Å². The van der Waals surface area contributed by atoms with Crippen LogP contribution in [0.4, 0.5) is 0 Å². The number of fused-ring (bicyclic) bond motifs is 1. The Morgan fingerprint density at radius 1 is 1.41 bits per heavy atom. The van der Waals surface area contributed by atoms with Gasteiger partial charge in [-0.25, -0.2) is 4.79 Å². The zero-order valence-electron chi connectivity index (χ0n) is 17.2. The molecular formula is C22H34O5. The molecule has 1 unspecified atom stereocenters. The Morgan fingerprint density at radius 3 is 2.59 bits per heavy atom. The fraction of sp³-hybridized carbons (Fsp3) is 0.727. The van der Waals surface area contributed by atoms with Crippen LogP contribution < -0.4 is 0 Å². The topological polar surface area (TPSA) is 83.8 Å². The number of esters is 1. The molecule has 0 aliphatic heterocycles. The van der Waals surface area contributed by atoms with Crippen LogP contribution in [0.5, 0.6) is 0 Å². The van der Waals surface area contributed by atoms with Gasteiger partial charge < -0.3 is 14.9 Å². The van der Waals surface area contributed by atoms with Gasteiger partial charge in [-0.2, -0.15) is 0 Å². The van der Waals surface area contributed by atoms with Crippen LogP contribution in [0, 0.1) is 22.7 Å². The van der Waals surface area contributed by atoms with Crippen LogP contribution in [0.2, 0.25) is 0 Å². The molecule has 0 heterocycles. The van der Waals surface area contributed by atoms with Crippen LogP contribution in [0.25, 0.3) is 0 Å². The van der Waals surface area contributed by atoms with Gasteiger partial charge in [-0.15, -0.1) is 6.58 Å². The summed E-state index contributed by atoms with van der Waals surface area (Å²) in [4.78, 5) is 25.2. The molecule has 5 nitrogen and oxygen atoms in total. The Morgan fingerprint density at radius 2 is 2.04 bits per heavy atom. The highest BCUT2D eigenvalue weighted by molar-refractivity contribution is 5.90. The van der Waals surface area contributed by atoms with E-state index in [9.17, 15) is 14.7 Å². The van der Waals surface area contributed by atoms with Crippen molar-refractivity contribution in [3.05, 3.63) is 24.3 Å². The number of allylic oxidation sites excluding steroid dienone is 2. The average Bonchev–Trinajstić information content (AvgIpc) is 2.61. The van der Waals surface area contributed by atoms with Crippen LogP contribution in [0.1, 0.15) is 60.3 Å². The van der Waals surface area contributed by atoms with Gasteiger partial charge in [0.2, 0.25) is 0 Å². The number of rotatable bonds is 6. The lowest BCUT2D eigenvalue weighted by Gasteiger charge is -2.60. The second-order valence-corrected chi connectivity index (χ2v) is 9.12. The quantitative estimate of drug-likeness (QED) is 0.548. The van der Waals surface area contributed by atoms with Crippen molar-refractivity contribution in [2.45, 2.75) is 72.0 Å². The predicted octanol–water partition coefficient (Wildman–Crippen LogP) is 3.20. The lowest BCUT2D eigenvalue weighted by molar-refractivity contribution is -0.199. The Kier molecular flexibility index (Phi) is 6.08. The fourth-order valence-corrected chi connectivity index (χ4v) is 5.18. The first kappa shape index (κ1) is 21.8. The van der Waals surface area contributed by atoms with Crippen molar-refractivity contribution in [3.8, 4) is 0 Å². The van der Waals surface area contributed by atoms with Gasteiger partial charge in [-0.3, -0.25) is 4.79 Å². The van der Waals surface area contributed by atoms with Crippen molar-refractivity contribution in [1.29, 1.82) is 0 Å². The van der Waals surface area contributed by atoms with E-state index in [0.29, 0.717) is 12.8 Å². The number of aliphatic hydroxyl groups excluding tert-OH is 1. The summed E-state index contributed by atoms with van der Waals surface area (Å²) >= 11 is 0. The highest BCUT2D eigenvalue weighted by Gasteiger charge is 2.66. The van der Waals surface area contributed by atoms with Gasteiger partial charge in [0.1, 0.15) is 18.3 Å². The number of ketones is 1. The van der Waals surface area contributed by atoms with E-state index in [2.05, 4.69) is 26.5 Å². The molecule has 152 valence electrons. The third-order valence-corrected chi connectivity index (χ3v) is 6.88. The summed E-state index contributed by atoms with van der Waals surface area (Å²) in [6, 6.07) is 0. The van der Waals surface area contributed by atoms with Gasteiger partial charge in [0.05, 0.1) is 5.41 Å². The molecule has 1 fully saturated rings. The maximum atomic E-state index is 13.4. The molecule has 0 aromatic carbocycles. The first-order chi connectivity index (χ1) is 12.4. The molecule has 0 amide bonds. The highest BCUT2D eigenvalue weighted by Crippen LogP contribution is 2.61. The van der Waals surface area contributed by atoms with Crippen molar-refractivity contribution in [2.24, 2.45) is 22.7 Å². The van der Waals surface area contributed by atoms with Gasteiger partial charge in [0, 0.05) is 6.42 Å². The zero-order valence-corrected chi connectivity index (χ0v) is 17.2. The van der Waals surface area contributed by atoms with E-state index >= 15 is 0 Å².